The van der Waals surface area contributed by atoms with Crippen molar-refractivity contribution in [3.05, 3.63) is 34.3 Å². The van der Waals surface area contributed by atoms with Crippen LogP contribution in [0.2, 0.25) is 0 Å². The van der Waals surface area contributed by atoms with Crippen molar-refractivity contribution in [2.75, 3.05) is 0 Å². The Morgan fingerprint density at radius 1 is 1.25 bits per heavy atom. The summed E-state index contributed by atoms with van der Waals surface area (Å²) in [5.74, 6) is 0.250. The molecule has 0 aromatic heterocycles. The Hall–Kier alpha value is -0.830. The number of rotatable bonds is 1. The van der Waals surface area contributed by atoms with Gasteiger partial charge >= 0.3 is 0 Å². The minimum atomic E-state index is -0.0902. The summed E-state index contributed by atoms with van der Waals surface area (Å²) in [5.41, 5.74) is 1.13. The van der Waals surface area contributed by atoms with Gasteiger partial charge in [-0.15, -0.1) is 0 Å². The largest absolute Gasteiger partial charge is 0.330 e. The fourth-order valence-electron chi connectivity index (χ4n) is 2.21. The number of carbonyl (C=O) groups is 1. The number of β-lactam (4-membered cyclic amide) rings is 1. The minimum Gasteiger partial charge on any atom is -0.330 e. The van der Waals surface area contributed by atoms with Gasteiger partial charge < -0.3 is 4.90 Å². The van der Waals surface area contributed by atoms with Gasteiger partial charge in [-0.05, 0) is 38.5 Å². The van der Waals surface area contributed by atoms with E-state index in [1.54, 1.807) is 0 Å². The summed E-state index contributed by atoms with van der Waals surface area (Å²) >= 11 is 3.42. The van der Waals surface area contributed by atoms with E-state index < -0.39 is 0 Å². The highest BCUT2D eigenvalue weighted by molar-refractivity contribution is 9.10. The van der Waals surface area contributed by atoms with Crippen molar-refractivity contribution in [3.63, 3.8) is 0 Å². The maximum Gasteiger partial charge on any atom is 0.225 e. The molecular formula is C13H16BrNO. The van der Waals surface area contributed by atoms with Gasteiger partial charge in [0.2, 0.25) is 5.91 Å². The van der Waals surface area contributed by atoms with Gasteiger partial charge in [-0.2, -0.15) is 0 Å². The van der Waals surface area contributed by atoms with Crippen LogP contribution < -0.4 is 0 Å². The Morgan fingerprint density at radius 2 is 1.81 bits per heavy atom. The molecule has 0 aliphatic carbocycles. The summed E-state index contributed by atoms with van der Waals surface area (Å²) in [5, 5.41) is 0. The van der Waals surface area contributed by atoms with Crippen LogP contribution >= 0.6 is 15.9 Å². The lowest BCUT2D eigenvalue weighted by Crippen LogP contribution is -2.56. The molecule has 2 nitrogen and oxygen atoms in total. The molecule has 1 aromatic carbocycles. The first-order valence-corrected chi connectivity index (χ1v) is 6.26. The molecule has 1 saturated heterocycles. The Balaban J connectivity index is 2.23. The van der Waals surface area contributed by atoms with Crippen molar-refractivity contribution in [1.82, 2.24) is 4.90 Å². The number of amides is 1. The quantitative estimate of drug-likeness (QED) is 0.722. The van der Waals surface area contributed by atoms with Crippen LogP contribution in [0.15, 0.2) is 28.7 Å². The molecule has 1 fully saturated rings. The average Bonchev–Trinajstić information content (AvgIpc) is 2.13. The summed E-state index contributed by atoms with van der Waals surface area (Å²) in [6.45, 7) is 6.24. The molecule has 0 saturated carbocycles. The lowest BCUT2D eigenvalue weighted by molar-refractivity contribution is -0.154. The Bertz CT molecular complexity index is 405. The van der Waals surface area contributed by atoms with Gasteiger partial charge in [-0.25, -0.2) is 0 Å². The van der Waals surface area contributed by atoms with Crippen molar-refractivity contribution >= 4 is 21.8 Å². The molecule has 1 aliphatic rings. The fourth-order valence-corrected chi connectivity index (χ4v) is 2.47. The Morgan fingerprint density at radius 3 is 2.25 bits per heavy atom. The smallest absolute Gasteiger partial charge is 0.225 e. The van der Waals surface area contributed by atoms with Crippen molar-refractivity contribution in [1.29, 1.82) is 0 Å². The van der Waals surface area contributed by atoms with E-state index in [1.165, 1.54) is 5.56 Å². The number of carbonyl (C=O) groups excluding carboxylic acids is 1. The maximum atomic E-state index is 11.6. The number of hydrogen-bond donors (Lipinski definition) is 0. The van der Waals surface area contributed by atoms with Crippen LogP contribution in [0.4, 0.5) is 0 Å². The topological polar surface area (TPSA) is 20.3 Å². The van der Waals surface area contributed by atoms with Gasteiger partial charge in [-0.3, -0.25) is 4.79 Å². The van der Waals surface area contributed by atoms with Crippen LogP contribution in [0.5, 0.6) is 0 Å². The molecule has 16 heavy (non-hydrogen) atoms. The second-order valence-corrected chi connectivity index (χ2v) is 6.12. The first kappa shape index (κ1) is 11.6. The molecular weight excluding hydrogens is 266 g/mol. The Labute approximate surface area is 105 Å². The molecule has 1 amide bonds. The molecule has 1 aliphatic heterocycles. The lowest BCUT2D eigenvalue weighted by Gasteiger charge is -2.49. The van der Waals surface area contributed by atoms with Crippen molar-refractivity contribution in [2.45, 2.75) is 38.8 Å². The number of likely N-dealkylation sites (tertiary alicyclic amines) is 1. The second kappa shape index (κ2) is 3.88. The molecule has 0 radical (unpaired) electrons. The molecule has 1 unspecified atom stereocenters. The fraction of sp³-hybridized carbons (Fsp3) is 0.462. The minimum absolute atomic E-state index is 0.0902. The van der Waals surface area contributed by atoms with E-state index in [9.17, 15) is 4.79 Å². The van der Waals surface area contributed by atoms with Crippen LogP contribution in [0.1, 0.15) is 38.8 Å². The van der Waals surface area contributed by atoms with Gasteiger partial charge in [0.05, 0.1) is 12.5 Å². The van der Waals surface area contributed by atoms with Gasteiger partial charge in [0.1, 0.15) is 0 Å². The summed E-state index contributed by atoms with van der Waals surface area (Å²) < 4.78 is 1.07. The number of hydrogen-bond acceptors (Lipinski definition) is 1. The third-order valence-corrected chi connectivity index (χ3v) is 3.45. The summed E-state index contributed by atoms with van der Waals surface area (Å²) in [4.78, 5) is 13.6. The molecule has 0 N–H and O–H groups in total. The van der Waals surface area contributed by atoms with E-state index in [0.29, 0.717) is 6.42 Å². The normalized spacial score (nSPS) is 20.9. The summed E-state index contributed by atoms with van der Waals surface area (Å²) in [6.07, 6.45) is 0.638. The predicted octanol–water partition coefficient (Wildman–Crippen LogP) is 3.52. The zero-order valence-corrected chi connectivity index (χ0v) is 11.4. The van der Waals surface area contributed by atoms with Crippen molar-refractivity contribution < 1.29 is 4.79 Å². The SMILES string of the molecule is CC(C)(C)N1C(=O)CC1c1ccc(Br)cc1. The molecule has 0 bridgehead atoms. The second-order valence-electron chi connectivity index (χ2n) is 5.21. The molecule has 3 heteroatoms. The van der Waals surface area contributed by atoms with Gasteiger partial charge in [-0.1, -0.05) is 28.1 Å². The van der Waals surface area contributed by atoms with Crippen molar-refractivity contribution in [2.24, 2.45) is 0 Å². The molecule has 1 atom stereocenters. The monoisotopic (exact) mass is 281 g/mol. The molecule has 86 valence electrons. The molecule has 1 aromatic rings. The third-order valence-electron chi connectivity index (χ3n) is 2.93. The highest BCUT2D eigenvalue weighted by Gasteiger charge is 2.43. The maximum absolute atomic E-state index is 11.6. The van der Waals surface area contributed by atoms with E-state index in [1.807, 2.05) is 17.0 Å². The van der Waals surface area contributed by atoms with Crippen LogP contribution in [0, 0.1) is 0 Å². The van der Waals surface area contributed by atoms with Crippen LogP contribution in [-0.4, -0.2) is 16.3 Å². The number of benzene rings is 1. The van der Waals surface area contributed by atoms with Crippen LogP contribution in [0.3, 0.4) is 0 Å². The average molecular weight is 282 g/mol. The highest BCUT2D eigenvalue weighted by Crippen LogP contribution is 2.40. The van der Waals surface area contributed by atoms with Crippen LogP contribution in [0.25, 0.3) is 0 Å². The van der Waals surface area contributed by atoms with Gasteiger partial charge in [0, 0.05) is 10.0 Å². The van der Waals surface area contributed by atoms with E-state index in [-0.39, 0.29) is 17.5 Å². The lowest BCUT2D eigenvalue weighted by atomic mass is 9.88. The van der Waals surface area contributed by atoms with Gasteiger partial charge in [0.25, 0.3) is 0 Å². The molecule has 1 heterocycles. The van der Waals surface area contributed by atoms with Crippen LogP contribution in [-0.2, 0) is 4.79 Å². The van der Waals surface area contributed by atoms with Crippen molar-refractivity contribution in [3.8, 4) is 0 Å². The first-order chi connectivity index (χ1) is 7.39. The zero-order chi connectivity index (χ0) is 11.9. The number of nitrogens with zero attached hydrogens (tertiary/aromatic N) is 1. The van der Waals surface area contributed by atoms with E-state index in [4.69, 9.17) is 0 Å². The third kappa shape index (κ3) is 2.01. The predicted molar refractivity (Wildman–Crippen MR) is 68.1 cm³/mol. The molecule has 2 rings (SSSR count). The van der Waals surface area contributed by atoms with E-state index in [0.717, 1.165) is 4.47 Å². The molecule has 0 spiro atoms. The Kier molecular flexibility index (Phi) is 2.82. The summed E-state index contributed by atoms with van der Waals surface area (Å²) in [7, 11) is 0. The highest BCUT2D eigenvalue weighted by atomic mass is 79.9. The first-order valence-electron chi connectivity index (χ1n) is 5.47. The van der Waals surface area contributed by atoms with E-state index >= 15 is 0 Å². The van der Waals surface area contributed by atoms with Gasteiger partial charge in [0.15, 0.2) is 0 Å². The zero-order valence-electron chi connectivity index (χ0n) is 9.83. The number of halogens is 1. The standard InChI is InChI=1S/C13H16BrNO/c1-13(2,3)15-11(8-12(15)16)9-4-6-10(14)7-5-9/h4-7,11H,8H2,1-3H3. The van der Waals surface area contributed by atoms with E-state index in [2.05, 4.69) is 48.8 Å². The summed E-state index contributed by atoms with van der Waals surface area (Å²) in [6, 6.07) is 8.47.